The van der Waals surface area contributed by atoms with Crippen LogP contribution in [0.5, 0.6) is 0 Å². The second kappa shape index (κ2) is 8.22. The minimum Gasteiger partial charge on any atom is -0.378 e. The summed E-state index contributed by atoms with van der Waals surface area (Å²) in [5, 5.41) is 6.94. The number of nitrogens with zero attached hydrogens (tertiary/aromatic N) is 2. The van der Waals surface area contributed by atoms with E-state index in [-0.39, 0.29) is 0 Å². The number of hydrogen-bond donors (Lipinski definition) is 2. The number of nitrogens with one attached hydrogen (secondary N) is 2. The first kappa shape index (κ1) is 16.9. The summed E-state index contributed by atoms with van der Waals surface area (Å²) in [6.07, 6.45) is 2.51. The number of rotatable bonds is 6. The maximum Gasteiger partial charge on any atom is 0.161 e. The van der Waals surface area contributed by atoms with Crippen molar-refractivity contribution in [2.75, 3.05) is 32.1 Å². The van der Waals surface area contributed by atoms with E-state index in [4.69, 9.17) is 9.72 Å². The van der Waals surface area contributed by atoms with Crippen molar-refractivity contribution in [3.8, 4) is 11.4 Å². The summed E-state index contributed by atoms with van der Waals surface area (Å²) in [6.45, 7) is 5.72. The highest BCUT2D eigenvalue weighted by atomic mass is 16.5. The molecule has 128 valence electrons. The minimum atomic E-state index is 0.487. The van der Waals surface area contributed by atoms with Gasteiger partial charge in [0.1, 0.15) is 5.82 Å². The van der Waals surface area contributed by atoms with E-state index < -0.39 is 0 Å². The lowest BCUT2D eigenvalue weighted by molar-refractivity contribution is 0.181. The van der Waals surface area contributed by atoms with E-state index in [1.165, 1.54) is 18.4 Å². The molecule has 0 spiro atoms. The van der Waals surface area contributed by atoms with Crippen LogP contribution in [0.4, 0.5) is 5.82 Å². The molecule has 1 aromatic carbocycles. The lowest BCUT2D eigenvalue weighted by atomic mass is 10.00. The van der Waals surface area contributed by atoms with Crippen LogP contribution >= 0.6 is 0 Å². The van der Waals surface area contributed by atoms with Crippen molar-refractivity contribution in [1.82, 2.24) is 15.3 Å². The van der Waals surface area contributed by atoms with Crippen LogP contribution < -0.4 is 10.6 Å². The third kappa shape index (κ3) is 4.52. The molecule has 0 amide bonds. The smallest absolute Gasteiger partial charge is 0.161 e. The summed E-state index contributed by atoms with van der Waals surface area (Å²) >= 11 is 0. The Morgan fingerprint density at radius 1 is 1.25 bits per heavy atom. The molecule has 1 aliphatic heterocycles. The number of methoxy groups -OCH3 is 1. The molecule has 0 aliphatic carbocycles. The molecule has 1 unspecified atom stereocenters. The number of piperidine rings is 1. The quantitative estimate of drug-likeness (QED) is 0.854. The van der Waals surface area contributed by atoms with E-state index in [1.54, 1.807) is 7.11 Å². The number of ether oxygens (including phenoxy) is 1. The second-order valence-electron chi connectivity index (χ2n) is 6.46. The SMILES string of the molecule is COCc1cc(NCC2CCCNC2)nc(-c2ccc(C)cc2)n1. The average molecular weight is 326 g/mol. The van der Waals surface area contributed by atoms with Gasteiger partial charge in [0.25, 0.3) is 0 Å². The highest BCUT2D eigenvalue weighted by molar-refractivity contribution is 5.58. The van der Waals surface area contributed by atoms with Crippen LogP contribution in [0.1, 0.15) is 24.1 Å². The third-order valence-electron chi connectivity index (χ3n) is 4.35. The summed E-state index contributed by atoms with van der Waals surface area (Å²) in [7, 11) is 1.69. The normalized spacial score (nSPS) is 17.7. The molecule has 2 N–H and O–H groups in total. The summed E-state index contributed by atoms with van der Waals surface area (Å²) in [4.78, 5) is 9.33. The van der Waals surface area contributed by atoms with Gasteiger partial charge in [0.05, 0.1) is 12.3 Å². The predicted octanol–water partition coefficient (Wildman–Crippen LogP) is 3.01. The first-order valence-corrected chi connectivity index (χ1v) is 8.63. The Bertz CT molecular complexity index is 651. The lowest BCUT2D eigenvalue weighted by Gasteiger charge is -2.23. The van der Waals surface area contributed by atoms with Gasteiger partial charge >= 0.3 is 0 Å². The molecule has 1 fully saturated rings. The Hall–Kier alpha value is -1.98. The predicted molar refractivity (Wildman–Crippen MR) is 97.0 cm³/mol. The van der Waals surface area contributed by atoms with E-state index in [0.717, 1.165) is 42.5 Å². The van der Waals surface area contributed by atoms with Crippen LogP contribution in [0.25, 0.3) is 11.4 Å². The summed E-state index contributed by atoms with van der Waals surface area (Å²) < 4.78 is 5.26. The van der Waals surface area contributed by atoms with Crippen LogP contribution in [-0.2, 0) is 11.3 Å². The number of aryl methyl sites for hydroxylation is 1. The number of hydrogen-bond acceptors (Lipinski definition) is 5. The second-order valence-corrected chi connectivity index (χ2v) is 6.46. The lowest BCUT2D eigenvalue weighted by Crippen LogP contribution is -2.33. The average Bonchev–Trinajstić information content (AvgIpc) is 2.62. The van der Waals surface area contributed by atoms with Gasteiger partial charge in [-0.05, 0) is 38.8 Å². The monoisotopic (exact) mass is 326 g/mol. The first-order chi connectivity index (χ1) is 11.7. The fraction of sp³-hybridized carbons (Fsp3) is 0.474. The molecule has 0 saturated carbocycles. The van der Waals surface area contributed by atoms with E-state index in [0.29, 0.717) is 12.5 Å². The molecule has 1 saturated heterocycles. The first-order valence-electron chi connectivity index (χ1n) is 8.63. The number of aromatic nitrogens is 2. The number of benzene rings is 1. The minimum absolute atomic E-state index is 0.487. The summed E-state index contributed by atoms with van der Waals surface area (Å²) in [6, 6.07) is 10.3. The van der Waals surface area contributed by atoms with Crippen molar-refractivity contribution in [1.29, 1.82) is 0 Å². The van der Waals surface area contributed by atoms with Gasteiger partial charge in [0, 0.05) is 25.3 Å². The molecule has 5 heteroatoms. The van der Waals surface area contributed by atoms with Crippen molar-refractivity contribution >= 4 is 5.82 Å². The number of anilines is 1. The van der Waals surface area contributed by atoms with Crippen LogP contribution in [0.2, 0.25) is 0 Å². The van der Waals surface area contributed by atoms with Crippen molar-refractivity contribution in [3.05, 3.63) is 41.6 Å². The largest absolute Gasteiger partial charge is 0.378 e. The van der Waals surface area contributed by atoms with Gasteiger partial charge in [0.2, 0.25) is 0 Å². The van der Waals surface area contributed by atoms with Gasteiger partial charge in [-0.15, -0.1) is 0 Å². The molecule has 2 aromatic rings. The molecule has 1 atom stereocenters. The zero-order valence-electron chi connectivity index (χ0n) is 14.5. The van der Waals surface area contributed by atoms with Crippen LogP contribution in [0.3, 0.4) is 0 Å². The maximum atomic E-state index is 5.26. The van der Waals surface area contributed by atoms with Gasteiger partial charge in [-0.3, -0.25) is 0 Å². The fourth-order valence-electron chi connectivity index (χ4n) is 2.99. The van der Waals surface area contributed by atoms with Crippen molar-refractivity contribution < 1.29 is 4.74 Å². The Morgan fingerprint density at radius 3 is 2.79 bits per heavy atom. The van der Waals surface area contributed by atoms with E-state index in [9.17, 15) is 0 Å². The van der Waals surface area contributed by atoms with Crippen molar-refractivity contribution in [3.63, 3.8) is 0 Å². The third-order valence-corrected chi connectivity index (χ3v) is 4.35. The summed E-state index contributed by atoms with van der Waals surface area (Å²) in [5.74, 6) is 2.27. The zero-order chi connectivity index (χ0) is 16.8. The van der Waals surface area contributed by atoms with Gasteiger partial charge in [-0.1, -0.05) is 29.8 Å². The van der Waals surface area contributed by atoms with Crippen LogP contribution in [0.15, 0.2) is 30.3 Å². The molecular weight excluding hydrogens is 300 g/mol. The Balaban J connectivity index is 1.78. The molecule has 5 nitrogen and oxygen atoms in total. The van der Waals surface area contributed by atoms with E-state index in [2.05, 4.69) is 46.8 Å². The highest BCUT2D eigenvalue weighted by Gasteiger charge is 2.13. The summed E-state index contributed by atoms with van der Waals surface area (Å²) in [5.41, 5.74) is 3.16. The molecule has 2 heterocycles. The van der Waals surface area contributed by atoms with Gasteiger partial charge in [0.15, 0.2) is 5.82 Å². The zero-order valence-corrected chi connectivity index (χ0v) is 14.5. The topological polar surface area (TPSA) is 59.1 Å². The van der Waals surface area contributed by atoms with E-state index in [1.807, 2.05) is 6.07 Å². The van der Waals surface area contributed by atoms with Crippen LogP contribution in [-0.4, -0.2) is 36.7 Å². The van der Waals surface area contributed by atoms with E-state index >= 15 is 0 Å². The molecule has 1 aliphatic rings. The van der Waals surface area contributed by atoms with Gasteiger partial charge < -0.3 is 15.4 Å². The maximum absolute atomic E-state index is 5.26. The van der Waals surface area contributed by atoms with Crippen molar-refractivity contribution in [2.45, 2.75) is 26.4 Å². The molecule has 24 heavy (non-hydrogen) atoms. The Kier molecular flexibility index (Phi) is 5.77. The fourth-order valence-corrected chi connectivity index (χ4v) is 2.99. The van der Waals surface area contributed by atoms with Gasteiger partial charge in [-0.25, -0.2) is 9.97 Å². The van der Waals surface area contributed by atoms with Gasteiger partial charge in [-0.2, -0.15) is 0 Å². The standard InChI is InChI=1S/C19H26N4O/c1-14-5-7-16(8-6-14)19-22-17(13-24-2)10-18(23-19)21-12-15-4-3-9-20-11-15/h5-8,10,15,20H,3-4,9,11-13H2,1-2H3,(H,21,22,23). The molecule has 0 radical (unpaired) electrons. The molecular formula is C19H26N4O. The molecule has 1 aromatic heterocycles. The van der Waals surface area contributed by atoms with Crippen molar-refractivity contribution in [2.24, 2.45) is 5.92 Å². The molecule has 0 bridgehead atoms. The molecule has 3 rings (SSSR count). The Labute approximate surface area is 143 Å². The Morgan fingerprint density at radius 2 is 2.08 bits per heavy atom. The van der Waals surface area contributed by atoms with Crippen LogP contribution in [0, 0.1) is 12.8 Å². The highest BCUT2D eigenvalue weighted by Crippen LogP contribution is 2.20.